The van der Waals surface area contributed by atoms with Gasteiger partial charge in [0.15, 0.2) is 0 Å². The Balaban J connectivity index is 3.24. The number of rotatable bonds is 2. The molecule has 1 N–H and O–H groups in total. The molecule has 0 aliphatic carbocycles. The highest BCUT2D eigenvalue weighted by Gasteiger charge is 2.03. The van der Waals surface area contributed by atoms with Gasteiger partial charge in [-0.25, -0.2) is 0 Å². The van der Waals surface area contributed by atoms with Crippen LogP contribution in [0, 0.1) is 13.8 Å². The van der Waals surface area contributed by atoms with Gasteiger partial charge in [0.1, 0.15) is 0 Å². The summed E-state index contributed by atoms with van der Waals surface area (Å²) in [7, 11) is 0. The third-order valence-electron chi connectivity index (χ3n) is 2.25. The Kier molecular flexibility index (Phi) is 2.88. The van der Waals surface area contributed by atoms with Crippen LogP contribution in [0.1, 0.15) is 29.2 Å². The number of aliphatic hydroxyl groups excluding tert-OH is 1. The maximum absolute atomic E-state index is 9.12. The van der Waals surface area contributed by atoms with E-state index < -0.39 is 0 Å². The molecule has 0 heterocycles. The van der Waals surface area contributed by atoms with E-state index in [0.717, 1.165) is 12.0 Å². The first-order valence-electron chi connectivity index (χ1n) is 4.39. The fourth-order valence-electron chi connectivity index (χ4n) is 1.63. The van der Waals surface area contributed by atoms with E-state index in [1.54, 1.807) is 0 Å². The molecule has 0 spiro atoms. The normalized spacial score (nSPS) is 10.3. The molecule has 0 fully saturated rings. The van der Waals surface area contributed by atoms with Crippen LogP contribution < -0.4 is 0 Å². The zero-order valence-electron chi connectivity index (χ0n) is 8.02. The van der Waals surface area contributed by atoms with Crippen LogP contribution >= 0.6 is 0 Å². The molecule has 1 aromatic rings. The summed E-state index contributed by atoms with van der Waals surface area (Å²) in [5.74, 6) is 0. The van der Waals surface area contributed by atoms with Crippen LogP contribution in [0.4, 0.5) is 0 Å². The van der Waals surface area contributed by atoms with Crippen LogP contribution in [-0.2, 0) is 13.0 Å². The lowest BCUT2D eigenvalue weighted by atomic mass is 9.98. The van der Waals surface area contributed by atoms with Crippen LogP contribution in [0.3, 0.4) is 0 Å². The van der Waals surface area contributed by atoms with Crippen molar-refractivity contribution in [3.05, 3.63) is 34.4 Å². The van der Waals surface area contributed by atoms with E-state index in [4.69, 9.17) is 5.11 Å². The van der Waals surface area contributed by atoms with E-state index in [9.17, 15) is 0 Å². The highest BCUT2D eigenvalue weighted by atomic mass is 16.3. The summed E-state index contributed by atoms with van der Waals surface area (Å²) in [6.07, 6.45) is 0.998. The molecule has 1 aromatic carbocycles. The van der Waals surface area contributed by atoms with E-state index in [0.29, 0.717) is 0 Å². The van der Waals surface area contributed by atoms with Crippen molar-refractivity contribution in [3.8, 4) is 0 Å². The standard InChI is InChI=1S/C11H16O/c1-4-10-6-8(2)5-9(3)11(10)7-12/h5-6,12H,4,7H2,1-3H3. The molecular formula is C11H16O. The van der Waals surface area contributed by atoms with Crippen molar-refractivity contribution in [2.45, 2.75) is 33.8 Å². The van der Waals surface area contributed by atoms with Crippen LogP contribution in [-0.4, -0.2) is 5.11 Å². The number of benzene rings is 1. The molecule has 0 saturated heterocycles. The predicted octanol–water partition coefficient (Wildman–Crippen LogP) is 2.36. The molecular weight excluding hydrogens is 148 g/mol. The van der Waals surface area contributed by atoms with E-state index in [1.165, 1.54) is 16.7 Å². The minimum Gasteiger partial charge on any atom is -0.392 e. The van der Waals surface area contributed by atoms with Gasteiger partial charge >= 0.3 is 0 Å². The Bertz CT molecular complexity index is 277. The summed E-state index contributed by atoms with van der Waals surface area (Å²) in [5, 5.41) is 9.12. The topological polar surface area (TPSA) is 20.2 Å². The highest BCUT2D eigenvalue weighted by Crippen LogP contribution is 2.17. The molecule has 0 bridgehead atoms. The second-order valence-electron chi connectivity index (χ2n) is 3.23. The fraction of sp³-hybridized carbons (Fsp3) is 0.455. The SMILES string of the molecule is CCc1cc(C)cc(C)c1CO. The van der Waals surface area contributed by atoms with Gasteiger partial charge in [-0.15, -0.1) is 0 Å². The van der Waals surface area contributed by atoms with Gasteiger partial charge in [-0.1, -0.05) is 24.6 Å². The Morgan fingerprint density at radius 1 is 1.25 bits per heavy atom. The van der Waals surface area contributed by atoms with Gasteiger partial charge in [-0.2, -0.15) is 0 Å². The van der Waals surface area contributed by atoms with E-state index in [2.05, 4.69) is 32.9 Å². The van der Waals surface area contributed by atoms with Crippen molar-refractivity contribution >= 4 is 0 Å². The molecule has 1 nitrogen and oxygen atoms in total. The highest BCUT2D eigenvalue weighted by molar-refractivity contribution is 5.37. The molecule has 12 heavy (non-hydrogen) atoms. The van der Waals surface area contributed by atoms with Crippen LogP contribution in [0.15, 0.2) is 12.1 Å². The lowest BCUT2D eigenvalue weighted by molar-refractivity contribution is 0.280. The van der Waals surface area contributed by atoms with E-state index >= 15 is 0 Å². The first-order chi connectivity index (χ1) is 5.69. The van der Waals surface area contributed by atoms with Gasteiger partial charge in [0.05, 0.1) is 6.61 Å². The van der Waals surface area contributed by atoms with Crippen molar-refractivity contribution in [2.75, 3.05) is 0 Å². The average Bonchev–Trinajstić information content (AvgIpc) is 2.03. The maximum atomic E-state index is 9.12. The van der Waals surface area contributed by atoms with Crippen molar-refractivity contribution in [3.63, 3.8) is 0 Å². The van der Waals surface area contributed by atoms with Crippen LogP contribution in [0.5, 0.6) is 0 Å². The third kappa shape index (κ3) is 1.67. The molecule has 1 heteroatoms. The first kappa shape index (κ1) is 9.27. The van der Waals surface area contributed by atoms with Gasteiger partial charge in [-0.05, 0) is 37.0 Å². The Morgan fingerprint density at radius 3 is 2.42 bits per heavy atom. The summed E-state index contributed by atoms with van der Waals surface area (Å²) >= 11 is 0. The Labute approximate surface area is 74.1 Å². The fourth-order valence-corrected chi connectivity index (χ4v) is 1.63. The summed E-state index contributed by atoms with van der Waals surface area (Å²) in [6, 6.07) is 4.27. The Morgan fingerprint density at radius 2 is 1.92 bits per heavy atom. The molecule has 0 amide bonds. The quantitative estimate of drug-likeness (QED) is 0.711. The summed E-state index contributed by atoms with van der Waals surface area (Å²) in [4.78, 5) is 0. The number of hydrogen-bond donors (Lipinski definition) is 1. The third-order valence-corrected chi connectivity index (χ3v) is 2.25. The van der Waals surface area contributed by atoms with Gasteiger partial charge in [0, 0.05) is 0 Å². The minimum absolute atomic E-state index is 0.162. The maximum Gasteiger partial charge on any atom is 0.0687 e. The van der Waals surface area contributed by atoms with Gasteiger partial charge in [0.2, 0.25) is 0 Å². The van der Waals surface area contributed by atoms with Crippen LogP contribution in [0.25, 0.3) is 0 Å². The smallest absolute Gasteiger partial charge is 0.0687 e. The summed E-state index contributed by atoms with van der Waals surface area (Å²) < 4.78 is 0. The zero-order chi connectivity index (χ0) is 9.14. The molecule has 0 atom stereocenters. The summed E-state index contributed by atoms with van der Waals surface area (Å²) in [5.41, 5.74) is 4.86. The molecule has 0 aliphatic rings. The number of aliphatic hydroxyl groups is 1. The van der Waals surface area contributed by atoms with Gasteiger partial charge in [0.25, 0.3) is 0 Å². The first-order valence-corrected chi connectivity index (χ1v) is 4.39. The molecule has 1 rings (SSSR count). The molecule has 0 radical (unpaired) electrons. The van der Waals surface area contributed by atoms with Gasteiger partial charge < -0.3 is 5.11 Å². The number of hydrogen-bond acceptors (Lipinski definition) is 1. The van der Waals surface area contributed by atoms with Crippen molar-refractivity contribution in [1.82, 2.24) is 0 Å². The zero-order valence-corrected chi connectivity index (χ0v) is 8.02. The molecule has 0 aliphatic heterocycles. The largest absolute Gasteiger partial charge is 0.392 e. The number of aryl methyl sites for hydroxylation is 3. The van der Waals surface area contributed by atoms with Crippen molar-refractivity contribution in [2.24, 2.45) is 0 Å². The molecule has 0 saturated carbocycles. The lowest BCUT2D eigenvalue weighted by Crippen LogP contribution is -1.97. The van der Waals surface area contributed by atoms with Crippen molar-refractivity contribution in [1.29, 1.82) is 0 Å². The van der Waals surface area contributed by atoms with Gasteiger partial charge in [-0.3, -0.25) is 0 Å². The average molecular weight is 164 g/mol. The summed E-state index contributed by atoms with van der Waals surface area (Å²) in [6.45, 7) is 6.42. The minimum atomic E-state index is 0.162. The lowest BCUT2D eigenvalue weighted by Gasteiger charge is -2.09. The second-order valence-corrected chi connectivity index (χ2v) is 3.23. The van der Waals surface area contributed by atoms with E-state index in [1.807, 2.05) is 0 Å². The monoisotopic (exact) mass is 164 g/mol. The molecule has 0 unspecified atom stereocenters. The molecule has 66 valence electrons. The Hall–Kier alpha value is -0.820. The predicted molar refractivity (Wildman–Crippen MR) is 51.2 cm³/mol. The van der Waals surface area contributed by atoms with E-state index in [-0.39, 0.29) is 6.61 Å². The van der Waals surface area contributed by atoms with Crippen LogP contribution in [0.2, 0.25) is 0 Å². The van der Waals surface area contributed by atoms with Crippen molar-refractivity contribution < 1.29 is 5.11 Å². The second kappa shape index (κ2) is 3.72. The molecule has 0 aromatic heterocycles.